The molecule has 2 heterocycles. The first kappa shape index (κ1) is 22.9. The maximum absolute atomic E-state index is 12.8. The van der Waals surface area contributed by atoms with Crippen molar-refractivity contribution in [2.45, 2.75) is 44.2 Å². The van der Waals surface area contributed by atoms with Crippen molar-refractivity contribution in [1.82, 2.24) is 25.8 Å². The van der Waals surface area contributed by atoms with Gasteiger partial charge in [0.15, 0.2) is 0 Å². The lowest BCUT2D eigenvalue weighted by Gasteiger charge is -2.22. The molecule has 0 saturated heterocycles. The number of fused-ring (bicyclic) bond motifs is 1. The molecule has 1 aliphatic carbocycles. The molecule has 2 aromatic carbocycles. The van der Waals surface area contributed by atoms with Gasteiger partial charge in [-0.15, -0.1) is 5.10 Å². The van der Waals surface area contributed by atoms with Crippen LogP contribution in [-0.4, -0.2) is 59.3 Å². The molecule has 3 aromatic rings. The van der Waals surface area contributed by atoms with Gasteiger partial charge >= 0.3 is 0 Å². The van der Waals surface area contributed by atoms with Gasteiger partial charge < -0.3 is 20.3 Å². The summed E-state index contributed by atoms with van der Waals surface area (Å²) >= 11 is 0. The first-order chi connectivity index (χ1) is 17.0. The number of aromatic amines is 1. The highest BCUT2D eigenvalue weighted by molar-refractivity contribution is 5.90. The predicted octanol–water partition coefficient (Wildman–Crippen LogP) is 2.23. The number of carbonyl (C=O) groups excluding carboxylic acids is 2. The molecule has 2 amide bonds. The van der Waals surface area contributed by atoms with Gasteiger partial charge in [0.05, 0.1) is 11.7 Å². The Kier molecular flexibility index (Phi) is 6.65. The topological polar surface area (TPSA) is 112 Å². The number of anilines is 1. The average molecular weight is 475 g/mol. The lowest BCUT2D eigenvalue weighted by molar-refractivity contribution is -0.121. The largest absolute Gasteiger partial charge is 0.489 e. The monoisotopic (exact) mass is 474 g/mol. The predicted molar refractivity (Wildman–Crippen MR) is 132 cm³/mol. The van der Waals surface area contributed by atoms with Crippen LogP contribution in [0.5, 0.6) is 5.75 Å². The van der Waals surface area contributed by atoms with Crippen LogP contribution in [0.3, 0.4) is 0 Å². The molecule has 1 aliphatic heterocycles. The third-order valence-electron chi connectivity index (χ3n) is 6.24. The van der Waals surface area contributed by atoms with Crippen molar-refractivity contribution in [3.05, 3.63) is 71.3 Å². The number of H-pyrrole nitrogens is 1. The number of aryl methyl sites for hydroxylation is 1. The minimum absolute atomic E-state index is 0.105. The summed E-state index contributed by atoms with van der Waals surface area (Å²) in [5.41, 5.74) is 3.12. The van der Waals surface area contributed by atoms with E-state index in [1.165, 1.54) is 0 Å². The Morgan fingerprint density at radius 1 is 1.09 bits per heavy atom. The van der Waals surface area contributed by atoms with E-state index in [9.17, 15) is 9.59 Å². The molecule has 1 saturated carbocycles. The zero-order valence-electron chi connectivity index (χ0n) is 19.8. The van der Waals surface area contributed by atoms with Crippen LogP contribution in [0.25, 0.3) is 0 Å². The number of benzene rings is 2. The fourth-order valence-electron chi connectivity index (χ4n) is 4.20. The number of hydrogen-bond donors (Lipinski definition) is 3. The molecule has 5 rings (SSSR count). The summed E-state index contributed by atoms with van der Waals surface area (Å²) in [5, 5.41) is 13.0. The van der Waals surface area contributed by atoms with E-state index in [1.54, 1.807) is 0 Å². The van der Waals surface area contributed by atoms with Crippen molar-refractivity contribution in [2.75, 3.05) is 25.1 Å². The van der Waals surface area contributed by atoms with Gasteiger partial charge in [0.2, 0.25) is 11.7 Å². The maximum atomic E-state index is 12.8. The summed E-state index contributed by atoms with van der Waals surface area (Å²) in [6.45, 7) is 0.916. The Labute approximate surface area is 204 Å². The summed E-state index contributed by atoms with van der Waals surface area (Å²) < 4.78 is 6.01. The summed E-state index contributed by atoms with van der Waals surface area (Å²) in [4.78, 5) is 31.2. The highest BCUT2D eigenvalue weighted by Crippen LogP contribution is 2.31. The smallest absolute Gasteiger partial charge is 0.291 e. The molecule has 35 heavy (non-hydrogen) atoms. The number of nitrogens with zero attached hydrogens (tertiary/aromatic N) is 3. The molecule has 0 spiro atoms. The second kappa shape index (κ2) is 10.2. The number of carbonyl (C=O) groups is 2. The van der Waals surface area contributed by atoms with Gasteiger partial charge in [-0.2, -0.15) is 0 Å². The second-order valence-corrected chi connectivity index (χ2v) is 9.27. The molecule has 1 aromatic heterocycles. The number of amides is 2. The van der Waals surface area contributed by atoms with Gasteiger partial charge in [-0.3, -0.25) is 14.7 Å². The summed E-state index contributed by atoms with van der Waals surface area (Å²) in [6.07, 6.45) is 3.92. The van der Waals surface area contributed by atoms with Crippen LogP contribution in [0.1, 0.15) is 46.8 Å². The van der Waals surface area contributed by atoms with E-state index in [1.807, 2.05) is 49.5 Å². The first-order valence-corrected chi connectivity index (χ1v) is 12.1. The van der Waals surface area contributed by atoms with E-state index >= 15 is 0 Å². The lowest BCUT2D eigenvalue weighted by atomic mass is 10.1. The molecule has 1 atom stereocenters. The number of ether oxygens (including phenoxy) is 1. The van der Waals surface area contributed by atoms with Crippen LogP contribution < -0.4 is 20.3 Å². The van der Waals surface area contributed by atoms with Crippen molar-refractivity contribution < 1.29 is 14.3 Å². The SMILES string of the molecule is CN1C[C@H](NC(=O)c2n[nH]c(Cc3ccccc3)n2)COc2ccc(CCC(=O)NC3CC3)cc21. The van der Waals surface area contributed by atoms with Crippen molar-refractivity contribution in [1.29, 1.82) is 0 Å². The third kappa shape index (κ3) is 5.98. The van der Waals surface area contributed by atoms with E-state index in [-0.39, 0.29) is 23.7 Å². The molecule has 9 heteroatoms. The molecule has 0 radical (unpaired) electrons. The van der Waals surface area contributed by atoms with Crippen molar-refractivity contribution in [2.24, 2.45) is 0 Å². The van der Waals surface area contributed by atoms with Gasteiger partial charge in [0, 0.05) is 32.5 Å². The summed E-state index contributed by atoms with van der Waals surface area (Å²) in [5.74, 6) is 1.29. The van der Waals surface area contributed by atoms with Crippen LogP contribution in [0.4, 0.5) is 5.69 Å². The Morgan fingerprint density at radius 2 is 1.91 bits per heavy atom. The molecule has 9 nitrogen and oxygen atoms in total. The standard InChI is InChI=1S/C26H30N6O3/c1-32-15-20(28-26(34)25-29-23(30-31-25)14-17-5-3-2-4-6-17)16-35-22-11-7-18(13-21(22)32)8-12-24(33)27-19-9-10-19/h2-7,11,13,19-20H,8-10,12,14-16H2,1H3,(H,27,33)(H,28,34)(H,29,30,31)/t20-/m0/s1. The zero-order chi connectivity index (χ0) is 24.2. The van der Waals surface area contributed by atoms with E-state index in [2.05, 4.69) is 36.8 Å². The Bertz CT molecular complexity index is 1190. The summed E-state index contributed by atoms with van der Waals surface area (Å²) in [6, 6.07) is 16.1. The minimum Gasteiger partial charge on any atom is -0.489 e. The highest BCUT2D eigenvalue weighted by atomic mass is 16.5. The number of hydrogen-bond acceptors (Lipinski definition) is 6. The molecule has 182 valence electrons. The van der Waals surface area contributed by atoms with Crippen molar-refractivity contribution >= 4 is 17.5 Å². The quantitative estimate of drug-likeness (QED) is 0.462. The van der Waals surface area contributed by atoms with Crippen LogP contribution in [0.2, 0.25) is 0 Å². The molecular weight excluding hydrogens is 444 g/mol. The van der Waals surface area contributed by atoms with E-state index < -0.39 is 0 Å². The normalized spacial score (nSPS) is 17.2. The van der Waals surface area contributed by atoms with Crippen LogP contribution in [0.15, 0.2) is 48.5 Å². The Hall–Kier alpha value is -3.88. The minimum atomic E-state index is -0.337. The second-order valence-electron chi connectivity index (χ2n) is 9.27. The highest BCUT2D eigenvalue weighted by Gasteiger charge is 2.25. The van der Waals surface area contributed by atoms with Crippen LogP contribution >= 0.6 is 0 Å². The maximum Gasteiger partial charge on any atom is 0.291 e. The zero-order valence-corrected chi connectivity index (χ0v) is 19.8. The van der Waals surface area contributed by atoms with E-state index in [0.717, 1.165) is 35.4 Å². The third-order valence-corrected chi connectivity index (χ3v) is 6.24. The molecule has 2 aliphatic rings. The van der Waals surface area contributed by atoms with Gasteiger partial charge in [-0.25, -0.2) is 4.98 Å². The number of aromatic nitrogens is 3. The van der Waals surface area contributed by atoms with Gasteiger partial charge in [-0.05, 0) is 42.5 Å². The molecular formula is C26H30N6O3. The number of likely N-dealkylation sites (N-methyl/N-ethyl adjacent to an activating group) is 1. The first-order valence-electron chi connectivity index (χ1n) is 12.1. The number of nitrogens with one attached hydrogen (secondary N) is 3. The van der Waals surface area contributed by atoms with Crippen LogP contribution in [-0.2, 0) is 17.6 Å². The summed E-state index contributed by atoms with van der Waals surface area (Å²) in [7, 11) is 1.97. The van der Waals surface area contributed by atoms with E-state index in [0.29, 0.717) is 44.3 Å². The van der Waals surface area contributed by atoms with Gasteiger partial charge in [-0.1, -0.05) is 36.4 Å². The van der Waals surface area contributed by atoms with Gasteiger partial charge in [0.25, 0.3) is 5.91 Å². The van der Waals surface area contributed by atoms with Crippen molar-refractivity contribution in [3.63, 3.8) is 0 Å². The Balaban J connectivity index is 1.17. The molecule has 3 N–H and O–H groups in total. The van der Waals surface area contributed by atoms with E-state index in [4.69, 9.17) is 4.74 Å². The Morgan fingerprint density at radius 3 is 2.71 bits per heavy atom. The molecule has 0 bridgehead atoms. The fourth-order valence-corrected chi connectivity index (χ4v) is 4.20. The van der Waals surface area contributed by atoms with Crippen LogP contribution in [0, 0.1) is 0 Å². The lowest BCUT2D eigenvalue weighted by Crippen LogP contribution is -2.45. The number of rotatable bonds is 8. The van der Waals surface area contributed by atoms with Gasteiger partial charge in [0.1, 0.15) is 18.2 Å². The molecule has 0 unspecified atom stereocenters. The van der Waals surface area contributed by atoms with Crippen molar-refractivity contribution in [3.8, 4) is 5.75 Å². The fraction of sp³-hybridized carbons (Fsp3) is 0.385. The molecule has 1 fully saturated rings. The average Bonchev–Trinajstić information content (AvgIpc) is 3.58.